The first-order valence-electron chi connectivity index (χ1n) is 5.88. The van der Waals surface area contributed by atoms with Crippen molar-refractivity contribution in [1.82, 2.24) is 0 Å². The molecule has 3 atom stereocenters. The van der Waals surface area contributed by atoms with Gasteiger partial charge in [-0.1, -0.05) is 25.1 Å². The van der Waals surface area contributed by atoms with Crippen LogP contribution in [0.4, 0.5) is 0 Å². The number of rotatable bonds is 1. The molecular formula is C14H14O2. The minimum atomic E-state index is 0.257. The van der Waals surface area contributed by atoms with Gasteiger partial charge in [0, 0.05) is 16.4 Å². The molecule has 2 heteroatoms. The van der Waals surface area contributed by atoms with Crippen LogP contribution in [0.25, 0.3) is 11.0 Å². The van der Waals surface area contributed by atoms with Gasteiger partial charge in [-0.3, -0.25) is 0 Å². The largest absolute Gasteiger partial charge is 0.464 e. The van der Waals surface area contributed by atoms with E-state index in [1.165, 1.54) is 10.9 Å². The Bertz CT molecular complexity index is 557. The maximum atomic E-state index is 5.65. The van der Waals surface area contributed by atoms with Crippen LogP contribution in [0.1, 0.15) is 12.5 Å². The van der Waals surface area contributed by atoms with E-state index in [2.05, 4.69) is 19.1 Å². The van der Waals surface area contributed by atoms with E-state index >= 15 is 0 Å². The lowest BCUT2D eigenvalue weighted by Crippen LogP contribution is -2.13. The summed E-state index contributed by atoms with van der Waals surface area (Å²) in [4.78, 5) is 0. The van der Waals surface area contributed by atoms with Gasteiger partial charge in [-0.2, -0.15) is 0 Å². The highest BCUT2D eigenvalue weighted by molar-refractivity contribution is 5.83. The summed E-state index contributed by atoms with van der Waals surface area (Å²) in [5.74, 6) is 1.44. The molecule has 0 N–H and O–H groups in total. The van der Waals surface area contributed by atoms with E-state index in [4.69, 9.17) is 9.15 Å². The van der Waals surface area contributed by atoms with Crippen LogP contribution in [0, 0.1) is 11.8 Å². The third-order valence-electron chi connectivity index (χ3n) is 4.59. The summed E-state index contributed by atoms with van der Waals surface area (Å²) in [7, 11) is 0. The van der Waals surface area contributed by atoms with Gasteiger partial charge < -0.3 is 9.15 Å². The summed E-state index contributed by atoms with van der Waals surface area (Å²) in [6.07, 6.45) is 1.94. The standard InChI is InChI=1S/C14H14O2/c1-9-11-6-15-8-14(9,11)12-7-16-13-5-3-2-4-10(12)13/h2-5,7,9,11H,6,8H2,1H3/t9-,11+,14+/m0/s1. The zero-order chi connectivity index (χ0) is 10.8. The average Bonchev–Trinajstić information content (AvgIpc) is 2.78. The molecule has 2 heterocycles. The molecule has 16 heavy (non-hydrogen) atoms. The number of benzene rings is 1. The first-order valence-corrected chi connectivity index (χ1v) is 5.88. The van der Waals surface area contributed by atoms with Crippen molar-refractivity contribution in [3.63, 3.8) is 0 Å². The normalized spacial score (nSPS) is 36.6. The van der Waals surface area contributed by atoms with Crippen LogP contribution in [0.2, 0.25) is 0 Å². The van der Waals surface area contributed by atoms with E-state index in [1.807, 2.05) is 18.4 Å². The maximum absolute atomic E-state index is 5.65. The lowest BCUT2D eigenvalue weighted by atomic mass is 9.93. The van der Waals surface area contributed by atoms with Gasteiger partial charge >= 0.3 is 0 Å². The first kappa shape index (κ1) is 8.82. The van der Waals surface area contributed by atoms with E-state index < -0.39 is 0 Å². The van der Waals surface area contributed by atoms with Gasteiger partial charge in [0.2, 0.25) is 0 Å². The first-order chi connectivity index (χ1) is 7.84. The quantitative estimate of drug-likeness (QED) is 0.728. The summed E-state index contributed by atoms with van der Waals surface area (Å²) >= 11 is 0. The van der Waals surface area contributed by atoms with Crippen LogP contribution >= 0.6 is 0 Å². The van der Waals surface area contributed by atoms with Gasteiger partial charge in [0.1, 0.15) is 5.58 Å². The minimum absolute atomic E-state index is 0.257. The van der Waals surface area contributed by atoms with E-state index in [1.54, 1.807) is 0 Å². The van der Waals surface area contributed by atoms with Crippen LogP contribution in [-0.2, 0) is 10.2 Å². The second kappa shape index (κ2) is 2.69. The predicted molar refractivity (Wildman–Crippen MR) is 61.4 cm³/mol. The lowest BCUT2D eigenvalue weighted by Gasteiger charge is -2.11. The van der Waals surface area contributed by atoms with Gasteiger partial charge in [0.25, 0.3) is 0 Å². The molecule has 1 aromatic heterocycles. The molecule has 2 nitrogen and oxygen atoms in total. The summed E-state index contributed by atoms with van der Waals surface area (Å²) in [6, 6.07) is 8.29. The molecule has 0 amide bonds. The molecule has 0 bridgehead atoms. The molecule has 4 rings (SSSR count). The Balaban J connectivity index is 1.94. The highest BCUT2D eigenvalue weighted by Crippen LogP contribution is 2.64. The van der Waals surface area contributed by atoms with Crippen LogP contribution in [0.15, 0.2) is 34.9 Å². The summed E-state index contributed by atoms with van der Waals surface area (Å²) in [6.45, 7) is 4.11. The number of furan rings is 1. The van der Waals surface area contributed by atoms with Gasteiger partial charge in [-0.05, 0) is 17.9 Å². The van der Waals surface area contributed by atoms with E-state index in [0.29, 0.717) is 5.92 Å². The van der Waals surface area contributed by atoms with Crippen molar-refractivity contribution < 1.29 is 9.15 Å². The smallest absolute Gasteiger partial charge is 0.134 e. The molecule has 0 radical (unpaired) electrons. The zero-order valence-corrected chi connectivity index (χ0v) is 9.27. The highest BCUT2D eigenvalue weighted by atomic mass is 16.5. The molecule has 2 fully saturated rings. The van der Waals surface area contributed by atoms with Crippen molar-refractivity contribution in [3.05, 3.63) is 36.1 Å². The molecule has 1 aromatic carbocycles. The van der Waals surface area contributed by atoms with Crippen molar-refractivity contribution in [1.29, 1.82) is 0 Å². The highest BCUT2D eigenvalue weighted by Gasteiger charge is 2.67. The Morgan fingerprint density at radius 3 is 3.00 bits per heavy atom. The molecule has 2 aliphatic rings. The topological polar surface area (TPSA) is 22.4 Å². The number of ether oxygens (including phenoxy) is 1. The molecule has 1 aliphatic carbocycles. The Kier molecular flexibility index (Phi) is 1.48. The van der Waals surface area contributed by atoms with E-state index in [-0.39, 0.29) is 5.41 Å². The monoisotopic (exact) mass is 214 g/mol. The van der Waals surface area contributed by atoms with E-state index in [0.717, 1.165) is 24.7 Å². The molecule has 2 aromatic rings. The van der Waals surface area contributed by atoms with Crippen molar-refractivity contribution in [3.8, 4) is 0 Å². The molecular weight excluding hydrogens is 200 g/mol. The summed E-state index contributed by atoms with van der Waals surface area (Å²) in [5, 5.41) is 1.27. The summed E-state index contributed by atoms with van der Waals surface area (Å²) < 4.78 is 11.3. The minimum Gasteiger partial charge on any atom is -0.464 e. The molecule has 0 unspecified atom stereocenters. The second-order valence-corrected chi connectivity index (χ2v) is 5.10. The van der Waals surface area contributed by atoms with Crippen molar-refractivity contribution in [2.75, 3.05) is 13.2 Å². The van der Waals surface area contributed by atoms with Gasteiger partial charge in [-0.25, -0.2) is 0 Å². The Morgan fingerprint density at radius 1 is 1.31 bits per heavy atom. The fourth-order valence-corrected chi connectivity index (χ4v) is 3.47. The molecule has 82 valence electrons. The Labute approximate surface area is 94.2 Å². The molecule has 1 aliphatic heterocycles. The maximum Gasteiger partial charge on any atom is 0.134 e. The van der Waals surface area contributed by atoms with Crippen LogP contribution in [-0.4, -0.2) is 13.2 Å². The lowest BCUT2D eigenvalue weighted by molar-refractivity contribution is 0.147. The van der Waals surface area contributed by atoms with Crippen molar-refractivity contribution >= 4 is 11.0 Å². The van der Waals surface area contributed by atoms with Gasteiger partial charge in [0.15, 0.2) is 0 Å². The second-order valence-electron chi connectivity index (χ2n) is 5.10. The average molecular weight is 214 g/mol. The Hall–Kier alpha value is -1.28. The summed E-state index contributed by atoms with van der Waals surface area (Å²) in [5.41, 5.74) is 2.61. The van der Waals surface area contributed by atoms with Gasteiger partial charge in [0.05, 0.1) is 19.5 Å². The zero-order valence-electron chi connectivity index (χ0n) is 9.27. The third-order valence-corrected chi connectivity index (χ3v) is 4.59. The van der Waals surface area contributed by atoms with Crippen LogP contribution < -0.4 is 0 Å². The number of hydrogen-bond donors (Lipinski definition) is 0. The van der Waals surface area contributed by atoms with Crippen molar-refractivity contribution in [2.45, 2.75) is 12.3 Å². The predicted octanol–water partition coefficient (Wildman–Crippen LogP) is 2.97. The van der Waals surface area contributed by atoms with Crippen LogP contribution in [0.5, 0.6) is 0 Å². The number of fused-ring (bicyclic) bond motifs is 2. The fraction of sp³-hybridized carbons (Fsp3) is 0.429. The Morgan fingerprint density at radius 2 is 2.19 bits per heavy atom. The molecule has 1 saturated heterocycles. The molecule has 0 spiro atoms. The number of para-hydroxylation sites is 1. The van der Waals surface area contributed by atoms with Gasteiger partial charge in [-0.15, -0.1) is 0 Å². The molecule has 1 saturated carbocycles. The van der Waals surface area contributed by atoms with E-state index in [9.17, 15) is 0 Å². The number of hydrogen-bond acceptors (Lipinski definition) is 2. The van der Waals surface area contributed by atoms with Crippen LogP contribution in [0.3, 0.4) is 0 Å². The SMILES string of the molecule is C[C@H]1[C@H]2COC[C@]21c1coc2ccccc12. The fourth-order valence-electron chi connectivity index (χ4n) is 3.47. The van der Waals surface area contributed by atoms with Crippen molar-refractivity contribution in [2.24, 2.45) is 11.8 Å². The third kappa shape index (κ3) is 0.836.